The standard InChI is InChI=1S/C15H9ClFN3O6S/c16-12-7(4-9(20(24)25)13(22)14(12)23)15-18-11(19-26-15)5-27-6-1-2-8(17)10(21)3-6/h1-4,21-23H,5H2. The fraction of sp³-hybridized carbons (Fsp3) is 0.0667. The summed E-state index contributed by atoms with van der Waals surface area (Å²) in [4.78, 5) is 14.6. The largest absolute Gasteiger partial charge is 0.505 e. The van der Waals surface area contributed by atoms with E-state index in [4.69, 9.17) is 16.1 Å². The Morgan fingerprint density at radius 1 is 1.26 bits per heavy atom. The molecule has 1 aromatic heterocycles. The van der Waals surface area contributed by atoms with Crippen LogP contribution in [-0.2, 0) is 5.75 Å². The highest BCUT2D eigenvalue weighted by atomic mass is 35.5. The van der Waals surface area contributed by atoms with Gasteiger partial charge in [-0.2, -0.15) is 4.98 Å². The summed E-state index contributed by atoms with van der Waals surface area (Å²) in [6, 6.07) is 4.70. The Morgan fingerprint density at radius 2 is 2.00 bits per heavy atom. The van der Waals surface area contributed by atoms with Gasteiger partial charge in [-0.3, -0.25) is 10.1 Å². The number of aromatic nitrogens is 2. The van der Waals surface area contributed by atoms with Gasteiger partial charge in [-0.05, 0) is 18.2 Å². The number of aromatic hydroxyl groups is 3. The third-order valence-electron chi connectivity index (χ3n) is 3.37. The highest BCUT2D eigenvalue weighted by molar-refractivity contribution is 7.98. The molecule has 0 radical (unpaired) electrons. The van der Waals surface area contributed by atoms with Crippen LogP contribution in [-0.4, -0.2) is 30.4 Å². The molecule has 1 heterocycles. The van der Waals surface area contributed by atoms with E-state index in [-0.39, 0.29) is 28.1 Å². The van der Waals surface area contributed by atoms with Gasteiger partial charge in [-0.15, -0.1) is 11.8 Å². The minimum absolute atomic E-state index is 0.123. The molecule has 2 aromatic carbocycles. The first-order valence-electron chi connectivity index (χ1n) is 7.11. The smallest absolute Gasteiger partial charge is 0.315 e. The highest BCUT2D eigenvalue weighted by Gasteiger charge is 2.26. The first kappa shape index (κ1) is 18.7. The van der Waals surface area contributed by atoms with E-state index >= 15 is 0 Å². The molecule has 0 saturated heterocycles. The number of phenolic OH excluding ortho intramolecular Hbond substituents is 3. The van der Waals surface area contributed by atoms with Crippen molar-refractivity contribution in [1.29, 1.82) is 0 Å². The minimum Gasteiger partial charge on any atom is -0.505 e. The third kappa shape index (κ3) is 3.73. The van der Waals surface area contributed by atoms with Crippen LogP contribution in [0.3, 0.4) is 0 Å². The zero-order valence-electron chi connectivity index (χ0n) is 13.1. The number of nitro groups is 1. The molecule has 0 aliphatic heterocycles. The van der Waals surface area contributed by atoms with Crippen LogP contribution >= 0.6 is 23.4 Å². The van der Waals surface area contributed by atoms with Crippen LogP contribution in [0.1, 0.15) is 5.82 Å². The molecule has 0 bridgehead atoms. The van der Waals surface area contributed by atoms with Crippen molar-refractivity contribution < 1.29 is 29.2 Å². The summed E-state index contributed by atoms with van der Waals surface area (Å²) >= 11 is 7.08. The zero-order chi connectivity index (χ0) is 19.7. The summed E-state index contributed by atoms with van der Waals surface area (Å²) in [5.41, 5.74) is -0.898. The number of rotatable bonds is 5. The molecule has 9 nitrogen and oxygen atoms in total. The Labute approximate surface area is 159 Å². The average Bonchev–Trinajstić information content (AvgIpc) is 3.09. The van der Waals surface area contributed by atoms with E-state index in [2.05, 4.69) is 10.1 Å². The monoisotopic (exact) mass is 413 g/mol. The summed E-state index contributed by atoms with van der Waals surface area (Å²) < 4.78 is 18.1. The fourth-order valence-electron chi connectivity index (χ4n) is 2.07. The SMILES string of the molecule is O=[N+]([O-])c1cc(-c2nc(CSc3ccc(F)c(O)c3)no2)c(Cl)c(O)c1O. The molecule has 3 aromatic rings. The predicted octanol–water partition coefficient (Wildman–Crippen LogP) is 3.85. The Kier molecular flexibility index (Phi) is 5.06. The second-order valence-electron chi connectivity index (χ2n) is 5.13. The maximum absolute atomic E-state index is 13.0. The van der Waals surface area contributed by atoms with Crippen LogP contribution in [0.15, 0.2) is 33.7 Å². The van der Waals surface area contributed by atoms with E-state index in [9.17, 15) is 29.8 Å². The molecule has 0 aliphatic carbocycles. The summed E-state index contributed by atoms with van der Waals surface area (Å²) in [6.07, 6.45) is 0. The first-order chi connectivity index (χ1) is 12.8. The van der Waals surface area contributed by atoms with Gasteiger partial charge in [0.1, 0.15) is 0 Å². The zero-order valence-corrected chi connectivity index (χ0v) is 14.7. The number of benzene rings is 2. The van der Waals surface area contributed by atoms with Crippen molar-refractivity contribution >= 4 is 29.1 Å². The lowest BCUT2D eigenvalue weighted by Gasteiger charge is -2.04. The maximum Gasteiger partial charge on any atom is 0.315 e. The quantitative estimate of drug-likeness (QED) is 0.246. The van der Waals surface area contributed by atoms with Crippen LogP contribution in [0.25, 0.3) is 11.5 Å². The van der Waals surface area contributed by atoms with Gasteiger partial charge in [0.15, 0.2) is 23.1 Å². The van der Waals surface area contributed by atoms with E-state index in [0.29, 0.717) is 4.90 Å². The van der Waals surface area contributed by atoms with Crippen LogP contribution in [0, 0.1) is 15.9 Å². The molecule has 12 heteroatoms. The number of nitrogens with zero attached hydrogens (tertiary/aromatic N) is 3. The molecular weight excluding hydrogens is 405 g/mol. The number of phenols is 3. The second kappa shape index (κ2) is 7.29. The van der Waals surface area contributed by atoms with Gasteiger partial charge in [0.05, 0.1) is 21.3 Å². The van der Waals surface area contributed by atoms with Gasteiger partial charge in [-0.25, -0.2) is 4.39 Å². The van der Waals surface area contributed by atoms with Crippen molar-refractivity contribution in [3.8, 4) is 28.7 Å². The van der Waals surface area contributed by atoms with Crippen molar-refractivity contribution in [2.45, 2.75) is 10.6 Å². The van der Waals surface area contributed by atoms with Crippen molar-refractivity contribution in [1.82, 2.24) is 10.1 Å². The number of hydrogen-bond donors (Lipinski definition) is 3. The van der Waals surface area contributed by atoms with Gasteiger partial charge in [0.25, 0.3) is 5.89 Å². The third-order valence-corrected chi connectivity index (χ3v) is 4.75. The van der Waals surface area contributed by atoms with Crippen molar-refractivity contribution in [2.24, 2.45) is 0 Å². The van der Waals surface area contributed by atoms with Crippen LogP contribution in [0.5, 0.6) is 17.2 Å². The highest BCUT2D eigenvalue weighted by Crippen LogP contribution is 2.46. The number of nitro benzene ring substituents is 1. The summed E-state index contributed by atoms with van der Waals surface area (Å²) in [6.45, 7) is 0. The molecule has 0 aliphatic rings. The normalized spacial score (nSPS) is 10.9. The summed E-state index contributed by atoms with van der Waals surface area (Å²) in [5, 5.41) is 43.0. The van der Waals surface area contributed by atoms with E-state index in [1.807, 2.05) is 0 Å². The average molecular weight is 414 g/mol. The van der Waals surface area contributed by atoms with E-state index in [1.54, 1.807) is 0 Å². The fourth-order valence-corrected chi connectivity index (χ4v) is 3.07. The van der Waals surface area contributed by atoms with Gasteiger partial charge < -0.3 is 19.8 Å². The van der Waals surface area contributed by atoms with E-state index < -0.39 is 33.7 Å². The summed E-state index contributed by atoms with van der Waals surface area (Å²) in [7, 11) is 0. The molecule has 27 heavy (non-hydrogen) atoms. The van der Waals surface area contributed by atoms with Gasteiger partial charge >= 0.3 is 5.69 Å². The van der Waals surface area contributed by atoms with Crippen LogP contribution < -0.4 is 0 Å². The van der Waals surface area contributed by atoms with Crippen molar-refractivity contribution in [3.63, 3.8) is 0 Å². The lowest BCUT2D eigenvalue weighted by Crippen LogP contribution is -1.92. The Bertz CT molecular complexity index is 1040. The topological polar surface area (TPSA) is 143 Å². The minimum atomic E-state index is -0.972. The Balaban J connectivity index is 1.85. The van der Waals surface area contributed by atoms with Crippen LogP contribution in [0.4, 0.5) is 10.1 Å². The molecule has 140 valence electrons. The first-order valence-corrected chi connectivity index (χ1v) is 8.47. The number of thioether (sulfide) groups is 1. The Hall–Kier alpha value is -3.05. The van der Waals surface area contributed by atoms with Crippen molar-refractivity contribution in [2.75, 3.05) is 0 Å². The van der Waals surface area contributed by atoms with Gasteiger partial charge in [0.2, 0.25) is 5.75 Å². The molecule has 0 fully saturated rings. The van der Waals surface area contributed by atoms with Crippen molar-refractivity contribution in [3.05, 3.63) is 51.0 Å². The molecule has 0 spiro atoms. The lowest BCUT2D eigenvalue weighted by atomic mass is 10.1. The second-order valence-corrected chi connectivity index (χ2v) is 6.56. The predicted molar refractivity (Wildman–Crippen MR) is 92.4 cm³/mol. The Morgan fingerprint density at radius 3 is 2.67 bits per heavy atom. The lowest BCUT2D eigenvalue weighted by molar-refractivity contribution is -0.385. The van der Waals surface area contributed by atoms with E-state index in [1.165, 1.54) is 23.9 Å². The van der Waals surface area contributed by atoms with Gasteiger partial charge in [0, 0.05) is 11.0 Å². The molecule has 3 N–H and O–H groups in total. The van der Waals surface area contributed by atoms with Crippen LogP contribution in [0.2, 0.25) is 5.02 Å². The molecule has 0 amide bonds. The number of halogens is 2. The maximum atomic E-state index is 13.0. The molecule has 0 unspecified atom stereocenters. The molecule has 0 saturated carbocycles. The summed E-state index contributed by atoms with van der Waals surface area (Å²) in [5.74, 6) is -2.92. The van der Waals surface area contributed by atoms with Gasteiger partial charge in [-0.1, -0.05) is 16.8 Å². The number of hydrogen-bond acceptors (Lipinski definition) is 9. The molecule has 0 atom stereocenters. The molecule has 3 rings (SSSR count). The molecular formula is C15H9ClFN3O6S. The van der Waals surface area contributed by atoms with E-state index in [0.717, 1.165) is 12.1 Å².